The molecule has 106 valence electrons. The van der Waals surface area contributed by atoms with Gasteiger partial charge in [-0.3, -0.25) is 5.10 Å². The van der Waals surface area contributed by atoms with E-state index in [0.717, 1.165) is 0 Å². The van der Waals surface area contributed by atoms with Gasteiger partial charge in [0.2, 0.25) is 0 Å². The zero-order valence-corrected chi connectivity index (χ0v) is 11.6. The van der Waals surface area contributed by atoms with Crippen LogP contribution in [0.5, 0.6) is 0 Å². The molecular formula is C10H17N5O3S. The summed E-state index contributed by atoms with van der Waals surface area (Å²) >= 11 is 1.54. The van der Waals surface area contributed by atoms with E-state index in [2.05, 4.69) is 20.5 Å². The Morgan fingerprint density at radius 3 is 2.89 bits per heavy atom. The lowest BCUT2D eigenvalue weighted by atomic mass is 10.2. The van der Waals surface area contributed by atoms with E-state index in [0.29, 0.717) is 18.0 Å². The SMILES string of the molecule is CSCCC(NC(=O)N(C)Cc1ncn[nH]1)C(=O)O. The Hall–Kier alpha value is -1.77. The van der Waals surface area contributed by atoms with E-state index in [1.165, 1.54) is 23.0 Å². The lowest BCUT2D eigenvalue weighted by Crippen LogP contribution is -2.46. The first-order chi connectivity index (χ1) is 9.04. The number of carboxylic acids is 1. The highest BCUT2D eigenvalue weighted by molar-refractivity contribution is 7.98. The molecule has 0 bridgehead atoms. The van der Waals surface area contributed by atoms with Crippen molar-refractivity contribution in [3.05, 3.63) is 12.2 Å². The molecule has 2 amide bonds. The average molecular weight is 287 g/mol. The molecule has 1 heterocycles. The maximum atomic E-state index is 11.8. The van der Waals surface area contributed by atoms with E-state index in [9.17, 15) is 9.59 Å². The molecule has 1 aromatic heterocycles. The Kier molecular flexibility index (Phi) is 6.13. The van der Waals surface area contributed by atoms with Gasteiger partial charge in [-0.25, -0.2) is 14.6 Å². The predicted molar refractivity (Wildman–Crippen MR) is 70.8 cm³/mol. The minimum absolute atomic E-state index is 0.237. The summed E-state index contributed by atoms with van der Waals surface area (Å²) in [5, 5.41) is 17.8. The molecule has 0 aliphatic heterocycles. The normalized spacial score (nSPS) is 11.9. The second-order valence-corrected chi connectivity index (χ2v) is 4.90. The maximum absolute atomic E-state index is 11.8. The van der Waals surface area contributed by atoms with Gasteiger partial charge in [0, 0.05) is 7.05 Å². The molecule has 1 aromatic rings. The molecule has 19 heavy (non-hydrogen) atoms. The van der Waals surface area contributed by atoms with E-state index >= 15 is 0 Å². The van der Waals surface area contributed by atoms with Gasteiger partial charge in [-0.2, -0.15) is 16.9 Å². The van der Waals surface area contributed by atoms with Crippen LogP contribution in [0.2, 0.25) is 0 Å². The van der Waals surface area contributed by atoms with Gasteiger partial charge in [0.15, 0.2) is 0 Å². The zero-order chi connectivity index (χ0) is 14.3. The minimum atomic E-state index is -1.03. The second-order valence-electron chi connectivity index (χ2n) is 3.91. The van der Waals surface area contributed by atoms with Crippen molar-refractivity contribution < 1.29 is 14.7 Å². The van der Waals surface area contributed by atoms with Crippen LogP contribution in [0, 0.1) is 0 Å². The molecule has 1 unspecified atom stereocenters. The first-order valence-corrected chi connectivity index (χ1v) is 7.01. The first kappa shape index (κ1) is 15.3. The third-order valence-corrected chi connectivity index (χ3v) is 3.05. The number of carbonyl (C=O) groups excluding carboxylic acids is 1. The number of amides is 2. The van der Waals surface area contributed by atoms with Gasteiger partial charge in [0.25, 0.3) is 0 Å². The van der Waals surface area contributed by atoms with Crippen LogP contribution >= 0.6 is 11.8 Å². The standard InChI is InChI=1S/C10H17N5O3S/c1-15(5-8-11-6-12-14-8)10(18)13-7(9(16)17)3-4-19-2/h6-7H,3-5H2,1-2H3,(H,13,18)(H,16,17)(H,11,12,14). The van der Waals surface area contributed by atoms with Crippen LogP contribution < -0.4 is 5.32 Å². The number of thioether (sulfide) groups is 1. The smallest absolute Gasteiger partial charge is 0.326 e. The van der Waals surface area contributed by atoms with Crippen LogP contribution in [-0.4, -0.2) is 62.3 Å². The molecule has 9 heteroatoms. The number of carbonyl (C=O) groups is 2. The molecule has 0 aliphatic rings. The Bertz CT molecular complexity index is 411. The molecule has 0 aromatic carbocycles. The van der Waals surface area contributed by atoms with Gasteiger partial charge < -0.3 is 15.3 Å². The highest BCUT2D eigenvalue weighted by Gasteiger charge is 2.21. The largest absolute Gasteiger partial charge is 0.480 e. The summed E-state index contributed by atoms with van der Waals surface area (Å²) in [5.41, 5.74) is 0. The van der Waals surface area contributed by atoms with E-state index in [4.69, 9.17) is 5.11 Å². The van der Waals surface area contributed by atoms with Gasteiger partial charge in [-0.1, -0.05) is 0 Å². The quantitative estimate of drug-likeness (QED) is 0.658. The molecular weight excluding hydrogens is 270 g/mol. The lowest BCUT2D eigenvalue weighted by molar-refractivity contribution is -0.139. The van der Waals surface area contributed by atoms with Gasteiger partial charge >= 0.3 is 12.0 Å². The summed E-state index contributed by atoms with van der Waals surface area (Å²) in [4.78, 5) is 28.1. The monoisotopic (exact) mass is 287 g/mol. The van der Waals surface area contributed by atoms with E-state index < -0.39 is 18.0 Å². The molecule has 0 saturated carbocycles. The topological polar surface area (TPSA) is 111 Å². The molecule has 0 spiro atoms. The Balaban J connectivity index is 2.48. The van der Waals surface area contributed by atoms with Crippen LogP contribution in [-0.2, 0) is 11.3 Å². The third-order valence-electron chi connectivity index (χ3n) is 2.41. The Labute approximate surface area is 115 Å². The van der Waals surface area contributed by atoms with Crippen molar-refractivity contribution in [1.29, 1.82) is 0 Å². The van der Waals surface area contributed by atoms with Crippen molar-refractivity contribution in [3.63, 3.8) is 0 Å². The van der Waals surface area contributed by atoms with Crippen LogP contribution in [0.1, 0.15) is 12.2 Å². The number of nitrogens with zero attached hydrogens (tertiary/aromatic N) is 3. The van der Waals surface area contributed by atoms with Crippen LogP contribution in [0.15, 0.2) is 6.33 Å². The fraction of sp³-hybridized carbons (Fsp3) is 0.600. The summed E-state index contributed by atoms with van der Waals surface area (Å²) in [6.07, 6.45) is 3.62. The van der Waals surface area contributed by atoms with Crippen molar-refractivity contribution in [3.8, 4) is 0 Å². The summed E-state index contributed by atoms with van der Waals surface area (Å²) in [7, 11) is 1.56. The Morgan fingerprint density at radius 2 is 2.37 bits per heavy atom. The number of rotatable bonds is 7. The van der Waals surface area contributed by atoms with Gasteiger partial charge in [0.05, 0.1) is 6.54 Å². The lowest BCUT2D eigenvalue weighted by Gasteiger charge is -2.20. The number of hydrogen-bond donors (Lipinski definition) is 3. The van der Waals surface area contributed by atoms with Crippen LogP contribution in [0.4, 0.5) is 4.79 Å². The summed E-state index contributed by atoms with van der Waals surface area (Å²) < 4.78 is 0. The van der Waals surface area contributed by atoms with Crippen molar-refractivity contribution in [2.75, 3.05) is 19.1 Å². The zero-order valence-electron chi connectivity index (χ0n) is 10.8. The fourth-order valence-electron chi connectivity index (χ4n) is 1.36. The van der Waals surface area contributed by atoms with Crippen LogP contribution in [0.3, 0.4) is 0 Å². The predicted octanol–water partition coefficient (Wildman–Crippen LogP) is 0.152. The summed E-state index contributed by atoms with van der Waals surface area (Å²) in [6, 6.07) is -1.33. The average Bonchev–Trinajstić information content (AvgIpc) is 2.86. The van der Waals surface area contributed by atoms with E-state index in [-0.39, 0.29) is 6.54 Å². The fourth-order valence-corrected chi connectivity index (χ4v) is 1.83. The molecule has 0 fully saturated rings. The van der Waals surface area contributed by atoms with Gasteiger partial charge in [-0.15, -0.1) is 0 Å². The number of carboxylic acid groups (broad SMARTS) is 1. The number of aromatic amines is 1. The van der Waals surface area contributed by atoms with Crippen molar-refractivity contribution >= 4 is 23.8 Å². The molecule has 1 atom stereocenters. The molecule has 0 aliphatic carbocycles. The first-order valence-electron chi connectivity index (χ1n) is 5.62. The highest BCUT2D eigenvalue weighted by atomic mass is 32.2. The van der Waals surface area contributed by atoms with Crippen molar-refractivity contribution in [2.24, 2.45) is 0 Å². The number of nitrogens with one attached hydrogen (secondary N) is 2. The van der Waals surface area contributed by atoms with Crippen LogP contribution in [0.25, 0.3) is 0 Å². The maximum Gasteiger partial charge on any atom is 0.326 e. The molecule has 0 saturated heterocycles. The highest BCUT2D eigenvalue weighted by Crippen LogP contribution is 2.02. The van der Waals surface area contributed by atoms with Crippen molar-refractivity contribution in [2.45, 2.75) is 19.0 Å². The third kappa shape index (κ3) is 5.16. The number of H-pyrrole nitrogens is 1. The number of hydrogen-bond acceptors (Lipinski definition) is 5. The number of aromatic nitrogens is 3. The second kappa shape index (κ2) is 7.62. The minimum Gasteiger partial charge on any atom is -0.480 e. The summed E-state index contributed by atoms with van der Waals surface area (Å²) in [6.45, 7) is 0.237. The van der Waals surface area contributed by atoms with Gasteiger partial charge in [-0.05, 0) is 18.4 Å². The molecule has 1 rings (SSSR count). The molecule has 3 N–H and O–H groups in total. The number of aliphatic carboxylic acids is 1. The van der Waals surface area contributed by atoms with Gasteiger partial charge in [0.1, 0.15) is 18.2 Å². The van der Waals surface area contributed by atoms with E-state index in [1.54, 1.807) is 7.05 Å². The van der Waals surface area contributed by atoms with E-state index in [1.807, 2.05) is 6.26 Å². The molecule has 0 radical (unpaired) electrons. The molecule has 8 nitrogen and oxygen atoms in total. The van der Waals surface area contributed by atoms with Crippen molar-refractivity contribution in [1.82, 2.24) is 25.4 Å². The number of urea groups is 1. The Morgan fingerprint density at radius 1 is 1.63 bits per heavy atom. The summed E-state index contributed by atoms with van der Waals surface area (Å²) in [5.74, 6) is 0.174.